The Kier molecular flexibility index (Phi) is 31.2. The molecular formula is C90H91Cl2F12N11O11-2. The summed E-state index contributed by atoms with van der Waals surface area (Å²) in [4.78, 5) is 45.3. The molecule has 0 spiro atoms. The summed E-state index contributed by atoms with van der Waals surface area (Å²) in [5.41, 5.74) is 37.1. The second-order valence-electron chi connectivity index (χ2n) is 31.9. The summed E-state index contributed by atoms with van der Waals surface area (Å²) in [6, 6.07) is 42.8. The van der Waals surface area contributed by atoms with Crippen molar-refractivity contribution in [2.45, 2.75) is 184 Å². The minimum Gasteiger partial charge on any atom is -0.542 e. The number of halogens is 14. The zero-order valence-electron chi connectivity index (χ0n) is 68.8. The molecule has 22 nitrogen and oxygen atoms in total. The molecule has 5 heterocycles. The number of pyridine rings is 2. The van der Waals surface area contributed by atoms with Gasteiger partial charge in [-0.05, 0) is 209 Å². The lowest BCUT2D eigenvalue weighted by atomic mass is 9.70. The summed E-state index contributed by atoms with van der Waals surface area (Å²) >= 11 is 12.5. The number of aliphatic carboxylic acids is 4. The smallest absolute Gasteiger partial charge is 0.430 e. The van der Waals surface area contributed by atoms with Crippen molar-refractivity contribution in [3.63, 3.8) is 0 Å². The van der Waals surface area contributed by atoms with E-state index in [9.17, 15) is 52.7 Å². The van der Waals surface area contributed by atoms with Crippen LogP contribution < -0.4 is 56.0 Å². The summed E-state index contributed by atoms with van der Waals surface area (Å²) in [6.07, 6.45) is 7.11. The van der Waals surface area contributed by atoms with Crippen molar-refractivity contribution in [3.8, 4) is 17.2 Å². The first kappa shape index (κ1) is 95.1. The number of quaternary nitrogens is 1. The Morgan fingerprint density at radius 2 is 1.03 bits per heavy atom. The fraction of sp³-hybridized carbons (Fsp3) is 0.400. The molecule has 36 heteroatoms. The number of carboxylic acids is 4. The van der Waals surface area contributed by atoms with Crippen molar-refractivity contribution in [1.82, 2.24) is 35.0 Å². The van der Waals surface area contributed by atoms with Gasteiger partial charge in [-0.1, -0.05) is 124 Å². The predicted molar refractivity (Wildman–Crippen MR) is 435 cm³/mol. The molecule has 8 atom stereocenters. The Labute approximate surface area is 726 Å². The number of fused-ring (bicyclic) bond motifs is 12. The molecule has 0 amide bonds. The largest absolute Gasteiger partial charge is 0.542 e. The summed E-state index contributed by atoms with van der Waals surface area (Å²) in [5.74, 6) is -6.58. The van der Waals surface area contributed by atoms with E-state index < -0.39 is 48.6 Å². The van der Waals surface area contributed by atoms with Gasteiger partial charge in [0.15, 0.2) is 17.2 Å². The molecule has 0 fully saturated rings. The third-order valence-electron chi connectivity index (χ3n) is 23.3. The van der Waals surface area contributed by atoms with Crippen LogP contribution in [0.25, 0.3) is 21.8 Å². The maximum Gasteiger partial charge on any atom is 0.430 e. The molecule has 0 saturated carbocycles. The van der Waals surface area contributed by atoms with Crippen molar-refractivity contribution in [2.24, 2.45) is 17.8 Å². The number of allylic oxidation sites excluding steroid dienone is 4. The number of anilines is 2. The maximum atomic E-state index is 10.5. The van der Waals surface area contributed by atoms with Crippen molar-refractivity contribution in [1.29, 1.82) is 0 Å². The highest BCUT2D eigenvalue weighted by molar-refractivity contribution is 6.31. The van der Waals surface area contributed by atoms with E-state index >= 15 is 0 Å². The Hall–Kier alpha value is -11.5. The standard InChI is InChI=1S/C42H46ClN5O2.C40H43ClN6O.4C2HF3O2/c1-49-38-22-30-12-11-29(40(28-9-4-3-5-10-28)35(30)24-39(38)50-2)13-15-33-25-48(47-46-33)17-7-6-8-26-18-27-20-31(19-26)41-37(21-27)45-36-23-32(43)14-16-34(36)42(41)44;1-25-16-29-13-15-46(40(28-9-4-3-5-10-28)34(29)22-37(25)48-2)23-32-24-47(45-44-32)14-7-6-8-26-17-27-19-30(18-26)38-36(20-27)43-35-21-31(41)11-12-33(35)39(38)42;4*3-2(4,5)1(6)7/h3-5,9-10,14,16,18,22-25,27,29,31,40H,6-8,11-13,15,17,19-21H2,1-2H3,(H2,44,45);3-5,9-12,16-17,21-22,24,27,30,40H,6-8,13-15,18-20,23H2,1-2H3,(H2,42,43);4*(H,6,7)/p-2. The van der Waals surface area contributed by atoms with Crippen molar-refractivity contribution in [2.75, 3.05) is 39.3 Å². The first-order chi connectivity index (χ1) is 59.7. The molecule has 16 rings (SSSR count). The first-order valence-electron chi connectivity index (χ1n) is 40.6. The molecule has 4 aromatic heterocycles. The average molecular weight is 1800 g/mol. The van der Waals surface area contributed by atoms with Gasteiger partial charge in [-0.25, -0.2) is 4.98 Å². The van der Waals surface area contributed by atoms with Gasteiger partial charge in [0.1, 0.15) is 47.9 Å². The Morgan fingerprint density at radius 1 is 0.548 bits per heavy atom. The molecule has 4 bridgehead atoms. The number of H-pyrrole nitrogens is 1. The van der Waals surface area contributed by atoms with E-state index in [1.165, 1.54) is 79.2 Å². The van der Waals surface area contributed by atoms with Gasteiger partial charge in [-0.2, -0.15) is 52.7 Å². The van der Waals surface area contributed by atoms with E-state index in [0.29, 0.717) is 40.5 Å². The Morgan fingerprint density at radius 3 is 1.59 bits per heavy atom. The summed E-state index contributed by atoms with van der Waals surface area (Å²) in [7, 11) is 5.20. The van der Waals surface area contributed by atoms with E-state index in [2.05, 4.69) is 148 Å². The summed E-state index contributed by atoms with van der Waals surface area (Å²) in [5, 5.41) is 57.0. The third-order valence-corrected chi connectivity index (χ3v) is 23.8. The molecule has 6 N–H and O–H groups in total. The number of nitrogen functional groups attached to an aromatic ring is 2. The summed E-state index contributed by atoms with van der Waals surface area (Å²) in [6.45, 7) is 5.82. The van der Waals surface area contributed by atoms with Crippen LogP contribution in [0.4, 0.5) is 64.1 Å². The highest BCUT2D eigenvalue weighted by atomic mass is 35.5. The van der Waals surface area contributed by atoms with E-state index in [4.69, 9.17) is 93.5 Å². The molecule has 672 valence electrons. The van der Waals surface area contributed by atoms with Gasteiger partial charge in [0.05, 0.1) is 56.4 Å². The molecule has 1 aliphatic heterocycles. The number of hydrogen-bond donors (Lipinski definition) is 3. The molecular weight excluding hydrogens is 1710 g/mol. The van der Waals surface area contributed by atoms with Crippen molar-refractivity contribution < 1.29 is 116 Å². The second kappa shape index (κ2) is 41.3. The fourth-order valence-electron chi connectivity index (χ4n) is 18.0. The minimum atomic E-state index is -5.19. The number of ether oxygens (including phenoxy) is 3. The van der Waals surface area contributed by atoms with Gasteiger partial charge in [-0.15, -0.1) is 10.2 Å². The Bertz CT molecular complexity index is 5500. The van der Waals surface area contributed by atoms with Gasteiger partial charge in [0, 0.05) is 93.2 Å². The zero-order chi connectivity index (χ0) is 91.3. The number of nitrogens with one attached hydrogen (secondary N) is 2. The number of carbonyl (C=O) groups is 4. The number of carboxylic acid groups (broad SMARTS) is 4. The van der Waals surface area contributed by atoms with Crippen LogP contribution in [0.1, 0.15) is 174 Å². The average Bonchev–Trinajstić information content (AvgIpc) is 0.837. The quantitative estimate of drug-likeness (QED) is 0.0362. The van der Waals surface area contributed by atoms with Crippen LogP contribution in [0.3, 0.4) is 0 Å². The van der Waals surface area contributed by atoms with Crippen LogP contribution in [-0.2, 0) is 70.9 Å². The van der Waals surface area contributed by atoms with Crippen LogP contribution >= 0.6 is 23.2 Å². The number of aromatic amines is 1. The summed E-state index contributed by atoms with van der Waals surface area (Å²) < 4.78 is 147. The molecule has 5 aliphatic carbocycles. The van der Waals surface area contributed by atoms with Crippen molar-refractivity contribution in [3.05, 3.63) is 240 Å². The number of nitrogens with zero attached hydrogens (tertiary/aromatic N) is 7. The van der Waals surface area contributed by atoms with Gasteiger partial charge in [0.25, 0.3) is 0 Å². The van der Waals surface area contributed by atoms with Crippen LogP contribution in [0, 0.1) is 24.7 Å². The number of aryl methyl sites for hydroxylation is 5. The molecule has 6 aliphatic rings. The third kappa shape index (κ3) is 24.4. The van der Waals surface area contributed by atoms with E-state index in [1.54, 1.807) is 32.5 Å². The normalized spacial score (nSPS) is 19.0. The SMILES string of the molecule is COc1cc2c(cc1C)CC[NH+](Cc1cn(CCCCC3=CC4Cc5nc6cc(Cl)ccc6c(N)c5C(C3)C4)nn1)C2c1ccccc1.COc1cc2c(cc1OC)C(c1ccccc1)C(CCc1cn(CCCCC3=CC4Cc5[nH+]c6cc(Cl)ccc6c(N)c5C(C3)C4)nn1)CC2.O=C([O-])C(F)(F)F.O=C([O-])C(F)(F)F.O=C([O-])C(F)(F)F.O=C([O-])C(F)(F)F. The lowest BCUT2D eigenvalue weighted by molar-refractivity contribution is -0.941. The number of hydrogen-bond acceptors (Lipinski definition) is 18. The lowest BCUT2D eigenvalue weighted by Crippen LogP contribution is -3.12. The number of carbonyl (C=O) groups excluding carboxylic acids is 4. The number of rotatable bonds is 20. The minimum absolute atomic E-state index is 0.230. The monoisotopic (exact) mass is 1800 g/mol. The second-order valence-corrected chi connectivity index (χ2v) is 32.7. The van der Waals surface area contributed by atoms with Gasteiger partial charge in [0.2, 0.25) is 5.52 Å². The van der Waals surface area contributed by atoms with Gasteiger partial charge >= 0.3 is 24.7 Å². The Balaban J connectivity index is 0.000000188. The molecule has 10 aromatic rings. The highest BCUT2D eigenvalue weighted by Gasteiger charge is 2.40. The zero-order valence-corrected chi connectivity index (χ0v) is 70.3. The van der Waals surface area contributed by atoms with E-state index in [0.717, 1.165) is 189 Å². The number of nitrogens with two attached hydrogens (primary N) is 2. The number of unbranched alkanes of at least 4 members (excludes halogenated alkanes) is 2. The van der Waals surface area contributed by atoms with Crippen LogP contribution in [0.2, 0.25) is 10.0 Å². The predicted octanol–water partition coefficient (Wildman–Crippen LogP) is 12.8. The van der Waals surface area contributed by atoms with Crippen LogP contribution in [-0.4, -0.2) is 111 Å². The van der Waals surface area contributed by atoms with Crippen molar-refractivity contribution >= 4 is 80.3 Å². The van der Waals surface area contributed by atoms with Crippen LogP contribution in [0.5, 0.6) is 17.2 Å². The maximum absolute atomic E-state index is 10.5. The van der Waals surface area contributed by atoms with E-state index in [-0.39, 0.29) is 6.04 Å². The lowest BCUT2D eigenvalue weighted by Gasteiger charge is -2.36. The number of aromatic nitrogens is 8. The van der Waals surface area contributed by atoms with Gasteiger partial charge in [-0.3, -0.25) is 14.3 Å². The molecule has 0 radical (unpaired) electrons. The fourth-order valence-corrected chi connectivity index (χ4v) is 18.3. The topological polar surface area (TPSA) is 333 Å². The molecule has 6 aromatic carbocycles. The number of benzene rings is 6. The van der Waals surface area contributed by atoms with E-state index in [1.807, 2.05) is 39.7 Å². The first-order valence-corrected chi connectivity index (χ1v) is 41.4. The highest BCUT2D eigenvalue weighted by Crippen LogP contribution is 2.51. The van der Waals surface area contributed by atoms with Gasteiger partial charge < -0.3 is 70.2 Å². The number of alkyl halides is 12. The molecule has 8 unspecified atom stereocenters. The molecule has 0 saturated heterocycles. The van der Waals surface area contributed by atoms with Crippen LogP contribution in [0.15, 0.2) is 157 Å². The number of methoxy groups -OCH3 is 3. The molecule has 126 heavy (non-hydrogen) atoms.